The van der Waals surface area contributed by atoms with Gasteiger partial charge < -0.3 is 10.3 Å². The van der Waals surface area contributed by atoms with Crippen LogP contribution in [0.1, 0.15) is 21.6 Å². The van der Waals surface area contributed by atoms with Crippen molar-refractivity contribution < 1.29 is 13.2 Å². The van der Waals surface area contributed by atoms with E-state index in [4.69, 9.17) is 0 Å². The molecule has 140 valence electrons. The minimum atomic E-state index is -3.75. The average Bonchev–Trinajstić information content (AvgIpc) is 3.15. The number of hydrogen-bond acceptors (Lipinski definition) is 5. The van der Waals surface area contributed by atoms with Gasteiger partial charge in [0.05, 0.1) is 28.7 Å². The van der Waals surface area contributed by atoms with Crippen molar-refractivity contribution in [2.24, 2.45) is 0 Å². The maximum absolute atomic E-state index is 12.4. The number of carbonyl (C=O) groups excluding carboxylic acids is 1. The number of benzene rings is 1. The predicted octanol–water partition coefficient (Wildman–Crippen LogP) is 1.89. The molecule has 0 bridgehead atoms. The molecule has 0 aliphatic carbocycles. The third kappa shape index (κ3) is 4.91. The number of nitrogens with one attached hydrogen (secondary N) is 3. The lowest BCUT2D eigenvalue weighted by Gasteiger charge is -2.09. The van der Waals surface area contributed by atoms with Crippen molar-refractivity contribution in [1.82, 2.24) is 20.3 Å². The lowest BCUT2D eigenvalue weighted by Crippen LogP contribution is -2.26. The largest absolute Gasteiger partial charge is 0.352 e. The van der Waals surface area contributed by atoms with Crippen molar-refractivity contribution in [3.05, 3.63) is 72.1 Å². The van der Waals surface area contributed by atoms with Crippen LogP contribution in [-0.2, 0) is 16.4 Å². The Hall–Kier alpha value is -3.20. The number of anilines is 1. The summed E-state index contributed by atoms with van der Waals surface area (Å²) in [6.45, 7) is 2.29. The number of H-pyrrole nitrogens is 1. The van der Waals surface area contributed by atoms with Gasteiger partial charge in [0.15, 0.2) is 0 Å². The Kier molecular flexibility index (Phi) is 5.51. The highest BCUT2D eigenvalue weighted by Crippen LogP contribution is 2.16. The summed E-state index contributed by atoms with van der Waals surface area (Å²) < 4.78 is 27.3. The SMILES string of the molecule is Cc1ccc(S(=O)(=O)Nc2cncc(C(=O)NCCc3cnc[nH]3)c2)cc1. The van der Waals surface area contributed by atoms with E-state index in [1.54, 1.807) is 24.7 Å². The van der Waals surface area contributed by atoms with Crippen LogP contribution in [-0.4, -0.2) is 35.8 Å². The summed E-state index contributed by atoms with van der Waals surface area (Å²) in [4.78, 5) is 23.2. The highest BCUT2D eigenvalue weighted by molar-refractivity contribution is 7.92. The average molecular weight is 385 g/mol. The molecule has 0 saturated carbocycles. The molecule has 0 fully saturated rings. The molecule has 0 aliphatic rings. The number of imidazole rings is 1. The van der Waals surface area contributed by atoms with Crippen LogP contribution in [0, 0.1) is 6.92 Å². The van der Waals surface area contributed by atoms with Crippen molar-refractivity contribution in [1.29, 1.82) is 0 Å². The molecular weight excluding hydrogens is 366 g/mol. The van der Waals surface area contributed by atoms with Gasteiger partial charge >= 0.3 is 0 Å². The topological polar surface area (TPSA) is 117 Å². The van der Waals surface area contributed by atoms with Gasteiger partial charge in [-0.05, 0) is 25.1 Å². The molecular formula is C18H19N5O3S. The van der Waals surface area contributed by atoms with E-state index in [0.717, 1.165) is 11.3 Å². The van der Waals surface area contributed by atoms with Gasteiger partial charge in [0.2, 0.25) is 0 Å². The molecule has 0 atom stereocenters. The summed E-state index contributed by atoms with van der Waals surface area (Å²) in [5.41, 5.74) is 2.36. The summed E-state index contributed by atoms with van der Waals surface area (Å²) in [7, 11) is -3.75. The first kappa shape index (κ1) is 18.6. The molecule has 0 aliphatic heterocycles. The molecule has 27 heavy (non-hydrogen) atoms. The highest BCUT2D eigenvalue weighted by atomic mass is 32.2. The van der Waals surface area contributed by atoms with Gasteiger partial charge in [-0.3, -0.25) is 14.5 Å². The van der Waals surface area contributed by atoms with Crippen LogP contribution in [0.5, 0.6) is 0 Å². The van der Waals surface area contributed by atoms with E-state index < -0.39 is 10.0 Å². The normalized spacial score (nSPS) is 11.1. The molecule has 3 aromatic rings. The molecule has 9 heteroatoms. The van der Waals surface area contributed by atoms with Crippen LogP contribution in [0.4, 0.5) is 5.69 Å². The van der Waals surface area contributed by atoms with Gasteiger partial charge in [0.1, 0.15) is 0 Å². The molecule has 1 amide bonds. The second-order valence-electron chi connectivity index (χ2n) is 5.96. The number of amides is 1. The second-order valence-corrected chi connectivity index (χ2v) is 7.65. The van der Waals surface area contributed by atoms with E-state index in [-0.39, 0.29) is 22.1 Å². The van der Waals surface area contributed by atoms with Gasteiger partial charge in [0, 0.05) is 31.1 Å². The predicted molar refractivity (Wildman–Crippen MR) is 101 cm³/mol. The van der Waals surface area contributed by atoms with Gasteiger partial charge in [0.25, 0.3) is 15.9 Å². The van der Waals surface area contributed by atoms with E-state index in [0.29, 0.717) is 13.0 Å². The molecule has 0 unspecified atom stereocenters. The van der Waals surface area contributed by atoms with E-state index in [9.17, 15) is 13.2 Å². The van der Waals surface area contributed by atoms with Crippen molar-refractivity contribution in [3.8, 4) is 0 Å². The number of carbonyl (C=O) groups is 1. The molecule has 2 heterocycles. The number of aromatic nitrogens is 3. The van der Waals surface area contributed by atoms with Crippen LogP contribution in [0.2, 0.25) is 0 Å². The third-order valence-electron chi connectivity index (χ3n) is 3.82. The molecule has 8 nitrogen and oxygen atoms in total. The number of pyridine rings is 1. The van der Waals surface area contributed by atoms with Crippen LogP contribution < -0.4 is 10.0 Å². The van der Waals surface area contributed by atoms with Crippen molar-refractivity contribution in [3.63, 3.8) is 0 Å². The Bertz CT molecular complexity index is 1020. The molecule has 2 aromatic heterocycles. The fourth-order valence-corrected chi connectivity index (χ4v) is 3.42. The Morgan fingerprint density at radius 2 is 1.89 bits per heavy atom. The first-order chi connectivity index (χ1) is 12.9. The van der Waals surface area contributed by atoms with Crippen molar-refractivity contribution in [2.75, 3.05) is 11.3 Å². The fourth-order valence-electron chi connectivity index (χ4n) is 2.39. The lowest BCUT2D eigenvalue weighted by atomic mass is 10.2. The summed E-state index contributed by atoms with van der Waals surface area (Å²) in [5, 5.41) is 2.76. The van der Waals surface area contributed by atoms with Gasteiger partial charge in [-0.1, -0.05) is 17.7 Å². The number of hydrogen-bond donors (Lipinski definition) is 3. The van der Waals surface area contributed by atoms with Crippen LogP contribution in [0.3, 0.4) is 0 Å². The Labute approximate surface area is 157 Å². The van der Waals surface area contributed by atoms with Gasteiger partial charge in [-0.25, -0.2) is 13.4 Å². The summed E-state index contributed by atoms with van der Waals surface area (Å²) in [6.07, 6.45) is 6.61. The molecule has 0 spiro atoms. The number of aromatic amines is 1. The van der Waals surface area contributed by atoms with Crippen LogP contribution >= 0.6 is 0 Å². The monoisotopic (exact) mass is 385 g/mol. The molecule has 1 aromatic carbocycles. The molecule has 3 rings (SSSR count). The Morgan fingerprint density at radius 3 is 2.59 bits per heavy atom. The highest BCUT2D eigenvalue weighted by Gasteiger charge is 2.15. The quantitative estimate of drug-likeness (QED) is 0.574. The second kappa shape index (κ2) is 8.00. The molecule has 0 radical (unpaired) electrons. The number of aryl methyl sites for hydroxylation is 1. The fraction of sp³-hybridized carbons (Fsp3) is 0.167. The van der Waals surface area contributed by atoms with Gasteiger partial charge in [-0.2, -0.15) is 0 Å². The maximum Gasteiger partial charge on any atom is 0.261 e. The minimum absolute atomic E-state index is 0.141. The number of rotatable bonds is 7. The minimum Gasteiger partial charge on any atom is -0.352 e. The van der Waals surface area contributed by atoms with Crippen LogP contribution in [0.15, 0.2) is 60.1 Å². The molecule has 3 N–H and O–H groups in total. The standard InChI is InChI=1S/C18H19N5O3S/c1-13-2-4-17(5-3-13)27(25,26)23-16-8-14(9-19-11-16)18(24)21-7-6-15-10-20-12-22-15/h2-5,8-12,23H,6-7H2,1H3,(H,20,22)(H,21,24). The van der Waals surface area contributed by atoms with Gasteiger partial charge in [-0.15, -0.1) is 0 Å². The Morgan fingerprint density at radius 1 is 1.11 bits per heavy atom. The van der Waals surface area contributed by atoms with E-state index in [1.165, 1.54) is 30.6 Å². The van der Waals surface area contributed by atoms with Crippen molar-refractivity contribution in [2.45, 2.75) is 18.2 Å². The zero-order chi connectivity index (χ0) is 19.3. The Balaban J connectivity index is 1.65. The van der Waals surface area contributed by atoms with Crippen molar-refractivity contribution >= 4 is 21.6 Å². The maximum atomic E-state index is 12.4. The molecule has 0 saturated heterocycles. The zero-order valence-electron chi connectivity index (χ0n) is 14.6. The number of nitrogens with zero attached hydrogens (tertiary/aromatic N) is 2. The summed E-state index contributed by atoms with van der Waals surface area (Å²) in [6, 6.07) is 7.94. The van der Waals surface area contributed by atoms with E-state index in [1.807, 2.05) is 6.92 Å². The number of sulfonamides is 1. The van der Waals surface area contributed by atoms with E-state index >= 15 is 0 Å². The summed E-state index contributed by atoms with van der Waals surface area (Å²) >= 11 is 0. The summed E-state index contributed by atoms with van der Waals surface area (Å²) in [5.74, 6) is -0.335. The van der Waals surface area contributed by atoms with E-state index in [2.05, 4.69) is 25.0 Å². The zero-order valence-corrected chi connectivity index (χ0v) is 15.5. The smallest absolute Gasteiger partial charge is 0.261 e. The third-order valence-corrected chi connectivity index (χ3v) is 5.22. The first-order valence-electron chi connectivity index (χ1n) is 8.24. The first-order valence-corrected chi connectivity index (χ1v) is 9.72. The lowest BCUT2D eigenvalue weighted by molar-refractivity contribution is 0.0953. The van der Waals surface area contributed by atoms with Crippen LogP contribution in [0.25, 0.3) is 0 Å².